The lowest BCUT2D eigenvalue weighted by Crippen LogP contribution is -2.49. The van der Waals surface area contributed by atoms with Gasteiger partial charge in [-0.05, 0) is 37.1 Å². The van der Waals surface area contributed by atoms with Gasteiger partial charge in [-0.25, -0.2) is 0 Å². The van der Waals surface area contributed by atoms with Crippen molar-refractivity contribution in [2.75, 3.05) is 38.1 Å². The molecule has 2 aromatic rings. The van der Waals surface area contributed by atoms with Crippen LogP contribution in [-0.2, 0) is 18.0 Å². The maximum atomic E-state index is 13.5. The van der Waals surface area contributed by atoms with Crippen LogP contribution in [0.5, 0.6) is 0 Å². The molecular formula is C23H25F3N6O2. The third-order valence-electron chi connectivity index (χ3n) is 6.98. The average molecular weight is 474 g/mol. The number of anilines is 1. The number of aryl methyl sites for hydroxylation is 1. The van der Waals surface area contributed by atoms with E-state index >= 15 is 0 Å². The number of nitrogens with zero attached hydrogens (tertiary/aromatic N) is 5. The van der Waals surface area contributed by atoms with Crippen LogP contribution in [0.3, 0.4) is 0 Å². The molecule has 1 N–H and O–H groups in total. The van der Waals surface area contributed by atoms with Crippen LogP contribution >= 0.6 is 0 Å². The minimum absolute atomic E-state index is 0.170. The van der Waals surface area contributed by atoms with Gasteiger partial charge in [-0.15, -0.1) is 0 Å². The Hall–Kier alpha value is -3.55. The van der Waals surface area contributed by atoms with E-state index in [9.17, 15) is 22.8 Å². The van der Waals surface area contributed by atoms with Crippen LogP contribution in [0, 0.1) is 22.7 Å². The number of carbonyl (C=O) groups excluding carboxylic acids is 2. The molecular weight excluding hydrogens is 449 g/mol. The van der Waals surface area contributed by atoms with Gasteiger partial charge in [0.25, 0.3) is 5.91 Å². The van der Waals surface area contributed by atoms with Crippen molar-refractivity contribution in [3.63, 3.8) is 0 Å². The zero-order valence-electron chi connectivity index (χ0n) is 18.9. The topological polar surface area (TPSA) is 94.3 Å². The lowest BCUT2D eigenvalue weighted by molar-refractivity contribution is -0.137. The highest BCUT2D eigenvalue weighted by molar-refractivity contribution is 5.92. The second kappa shape index (κ2) is 8.66. The van der Waals surface area contributed by atoms with E-state index in [0.29, 0.717) is 43.9 Å². The quantitative estimate of drug-likeness (QED) is 0.738. The van der Waals surface area contributed by atoms with Crippen LogP contribution in [-0.4, -0.2) is 59.7 Å². The third kappa shape index (κ3) is 4.20. The number of aromatic nitrogens is 2. The fourth-order valence-corrected chi connectivity index (χ4v) is 5.11. The van der Waals surface area contributed by atoms with Gasteiger partial charge in [-0.1, -0.05) is 0 Å². The Labute approximate surface area is 194 Å². The summed E-state index contributed by atoms with van der Waals surface area (Å²) < 4.78 is 42.0. The number of hydrogen-bond donors (Lipinski definition) is 1. The number of hydrogen-bond acceptors (Lipinski definition) is 5. The summed E-state index contributed by atoms with van der Waals surface area (Å²) in [6.45, 7) is 1.51. The monoisotopic (exact) mass is 474 g/mol. The van der Waals surface area contributed by atoms with Crippen molar-refractivity contribution in [3.8, 4) is 6.07 Å². The first-order valence-electron chi connectivity index (χ1n) is 10.9. The zero-order valence-corrected chi connectivity index (χ0v) is 18.9. The van der Waals surface area contributed by atoms with E-state index in [-0.39, 0.29) is 18.4 Å². The molecule has 8 nitrogen and oxygen atoms in total. The summed E-state index contributed by atoms with van der Waals surface area (Å²) in [5.74, 6) is -0.782. The van der Waals surface area contributed by atoms with Crippen molar-refractivity contribution in [2.45, 2.75) is 19.0 Å². The number of benzene rings is 1. The second-order valence-corrected chi connectivity index (χ2v) is 8.92. The average Bonchev–Trinajstić information content (AvgIpc) is 3.41. The Morgan fingerprint density at radius 3 is 2.50 bits per heavy atom. The van der Waals surface area contributed by atoms with Crippen molar-refractivity contribution in [1.29, 1.82) is 5.26 Å². The fourth-order valence-electron chi connectivity index (χ4n) is 5.11. The van der Waals surface area contributed by atoms with E-state index < -0.39 is 28.6 Å². The molecule has 2 amide bonds. The molecule has 180 valence electrons. The highest BCUT2D eigenvalue weighted by Crippen LogP contribution is 2.47. The molecule has 2 aliphatic rings. The number of nitrogens with one attached hydrogen (secondary N) is 1. The summed E-state index contributed by atoms with van der Waals surface area (Å²) >= 11 is 0. The summed E-state index contributed by atoms with van der Waals surface area (Å²) in [5, 5.41) is 15.9. The van der Waals surface area contributed by atoms with E-state index in [0.717, 1.165) is 6.07 Å². The predicted molar refractivity (Wildman–Crippen MR) is 117 cm³/mol. The van der Waals surface area contributed by atoms with Gasteiger partial charge in [0, 0.05) is 57.6 Å². The minimum atomic E-state index is -4.66. The summed E-state index contributed by atoms with van der Waals surface area (Å²) in [6.07, 6.45) is -1.87. The van der Waals surface area contributed by atoms with Crippen molar-refractivity contribution in [1.82, 2.24) is 20.0 Å². The Kier molecular flexibility index (Phi) is 6.02. The van der Waals surface area contributed by atoms with Gasteiger partial charge < -0.3 is 15.1 Å². The first-order valence-corrected chi connectivity index (χ1v) is 10.9. The molecule has 0 radical (unpaired) electrons. The Bertz CT molecular complexity index is 1140. The second-order valence-electron chi connectivity index (χ2n) is 8.92. The van der Waals surface area contributed by atoms with Crippen molar-refractivity contribution in [2.24, 2.45) is 18.4 Å². The van der Waals surface area contributed by atoms with Crippen molar-refractivity contribution in [3.05, 3.63) is 47.3 Å². The molecule has 0 bridgehead atoms. The highest BCUT2D eigenvalue weighted by Gasteiger charge is 2.51. The summed E-state index contributed by atoms with van der Waals surface area (Å²) in [7, 11) is 3.28. The molecule has 0 aliphatic carbocycles. The van der Waals surface area contributed by atoms with Crippen LogP contribution in [0.15, 0.2) is 30.5 Å². The minimum Gasteiger partial charge on any atom is -0.370 e. The number of piperidine rings is 1. The van der Waals surface area contributed by atoms with Gasteiger partial charge in [0.15, 0.2) is 0 Å². The molecule has 4 rings (SSSR count). The van der Waals surface area contributed by atoms with Gasteiger partial charge in [0.2, 0.25) is 5.91 Å². The molecule has 11 heteroatoms. The number of amides is 2. The smallest absolute Gasteiger partial charge is 0.370 e. The molecule has 0 saturated carbocycles. The molecule has 2 aliphatic heterocycles. The van der Waals surface area contributed by atoms with E-state index in [4.69, 9.17) is 5.26 Å². The maximum Gasteiger partial charge on any atom is 0.417 e. The molecule has 1 aromatic carbocycles. The molecule has 34 heavy (non-hydrogen) atoms. The van der Waals surface area contributed by atoms with E-state index in [2.05, 4.69) is 10.4 Å². The van der Waals surface area contributed by atoms with Crippen molar-refractivity contribution >= 4 is 17.5 Å². The zero-order chi connectivity index (χ0) is 24.7. The van der Waals surface area contributed by atoms with Crippen LogP contribution in [0.4, 0.5) is 18.9 Å². The SMILES string of the molecule is CNC(=O)C1CN(c2ccc(C#N)c(C(F)(F)F)c2)CC12CCN(C(=O)c1ccn(C)n1)CC2. The van der Waals surface area contributed by atoms with Crippen LogP contribution in [0.25, 0.3) is 0 Å². The third-order valence-corrected chi connectivity index (χ3v) is 6.98. The van der Waals surface area contributed by atoms with Gasteiger partial charge in [-0.3, -0.25) is 14.3 Å². The van der Waals surface area contributed by atoms with Gasteiger partial charge in [0.05, 0.1) is 23.1 Å². The normalized spacial score (nSPS) is 19.8. The Morgan fingerprint density at radius 2 is 1.94 bits per heavy atom. The molecule has 2 saturated heterocycles. The standard InChI is InChI=1S/C23H25F3N6O2/c1-28-20(33)18-13-32(16-4-3-15(12-27)17(11-16)23(24,25)26)14-22(18)6-9-31(10-7-22)21(34)19-5-8-30(2)29-19/h3-5,8,11,18H,6-7,9-10,13-14H2,1-2H3,(H,28,33). The molecule has 1 atom stereocenters. The Balaban J connectivity index is 1.57. The lowest BCUT2D eigenvalue weighted by Gasteiger charge is -2.41. The largest absolute Gasteiger partial charge is 0.417 e. The summed E-state index contributed by atoms with van der Waals surface area (Å²) in [4.78, 5) is 29.1. The van der Waals surface area contributed by atoms with E-state index in [1.807, 2.05) is 0 Å². The van der Waals surface area contributed by atoms with E-state index in [1.165, 1.54) is 12.1 Å². The number of alkyl halides is 3. The maximum absolute atomic E-state index is 13.5. The van der Waals surface area contributed by atoms with Gasteiger partial charge >= 0.3 is 6.18 Å². The summed E-state index contributed by atoms with van der Waals surface area (Å²) in [5.41, 5.74) is -1.22. The van der Waals surface area contributed by atoms with Crippen LogP contribution in [0.1, 0.15) is 34.5 Å². The molecule has 1 aromatic heterocycles. The molecule has 3 heterocycles. The lowest BCUT2D eigenvalue weighted by atomic mass is 9.70. The number of likely N-dealkylation sites (tertiary alicyclic amines) is 1. The van der Waals surface area contributed by atoms with Gasteiger partial charge in [0.1, 0.15) is 5.69 Å². The van der Waals surface area contributed by atoms with E-state index in [1.54, 1.807) is 46.9 Å². The summed E-state index contributed by atoms with van der Waals surface area (Å²) in [6, 6.07) is 6.90. The van der Waals surface area contributed by atoms with Crippen LogP contribution in [0.2, 0.25) is 0 Å². The highest BCUT2D eigenvalue weighted by atomic mass is 19.4. The fraction of sp³-hybridized carbons (Fsp3) is 0.478. The molecule has 1 spiro atoms. The first-order chi connectivity index (χ1) is 16.1. The molecule has 1 unspecified atom stereocenters. The number of halogens is 3. The Morgan fingerprint density at radius 1 is 1.24 bits per heavy atom. The predicted octanol–water partition coefficient (Wildman–Crippen LogP) is 2.42. The first kappa shape index (κ1) is 23.6. The number of carbonyl (C=O) groups is 2. The van der Waals surface area contributed by atoms with Gasteiger partial charge in [-0.2, -0.15) is 23.5 Å². The number of rotatable bonds is 3. The van der Waals surface area contributed by atoms with Crippen LogP contribution < -0.4 is 10.2 Å². The molecule has 2 fully saturated rings. The number of nitriles is 1. The van der Waals surface area contributed by atoms with Crippen molar-refractivity contribution < 1.29 is 22.8 Å².